The minimum absolute atomic E-state index is 0.0687. The van der Waals surface area contributed by atoms with Crippen molar-refractivity contribution in [3.8, 4) is 0 Å². The molecule has 0 unspecified atom stereocenters. The maximum Gasteiger partial charge on any atom is 0.166 e. The third kappa shape index (κ3) is 2.91. The standard InChI is InChI=1S/C20H18O2/c21-19(15-9-3-1-4-10-15)17-13-7-8-14-18(17)20(22)16-11-5-2-6-12-16/h1-12,17-18H,13-14H2/t17-,18+. The van der Waals surface area contributed by atoms with Gasteiger partial charge in [-0.1, -0.05) is 72.8 Å². The third-order valence-electron chi connectivity index (χ3n) is 4.22. The second kappa shape index (κ2) is 6.52. The van der Waals surface area contributed by atoms with Gasteiger partial charge in [0.05, 0.1) is 0 Å². The van der Waals surface area contributed by atoms with Crippen molar-refractivity contribution in [1.82, 2.24) is 0 Å². The molecule has 0 aromatic heterocycles. The van der Waals surface area contributed by atoms with Gasteiger partial charge in [0.25, 0.3) is 0 Å². The van der Waals surface area contributed by atoms with Gasteiger partial charge in [-0.05, 0) is 12.8 Å². The van der Waals surface area contributed by atoms with Crippen molar-refractivity contribution in [3.63, 3.8) is 0 Å². The van der Waals surface area contributed by atoms with Gasteiger partial charge in [-0.2, -0.15) is 0 Å². The van der Waals surface area contributed by atoms with E-state index in [-0.39, 0.29) is 23.4 Å². The Morgan fingerprint density at radius 1 is 0.636 bits per heavy atom. The molecule has 2 nitrogen and oxygen atoms in total. The van der Waals surface area contributed by atoms with Crippen LogP contribution in [-0.2, 0) is 0 Å². The Balaban J connectivity index is 1.88. The summed E-state index contributed by atoms with van der Waals surface area (Å²) in [7, 11) is 0. The number of Topliss-reactive ketones (excluding diaryl/α,β-unsaturated/α-hetero) is 2. The number of ketones is 2. The molecule has 0 saturated heterocycles. The Bertz CT molecular complexity index is 625. The summed E-state index contributed by atoms with van der Waals surface area (Å²) in [6.45, 7) is 0. The fourth-order valence-electron chi connectivity index (χ4n) is 3.03. The highest BCUT2D eigenvalue weighted by Crippen LogP contribution is 2.31. The van der Waals surface area contributed by atoms with E-state index < -0.39 is 0 Å². The molecule has 3 rings (SSSR count). The lowest BCUT2D eigenvalue weighted by Crippen LogP contribution is -2.31. The first-order valence-electron chi connectivity index (χ1n) is 7.61. The Hall–Kier alpha value is -2.48. The molecule has 0 heterocycles. The lowest BCUT2D eigenvalue weighted by Gasteiger charge is -2.26. The molecule has 0 N–H and O–H groups in total. The van der Waals surface area contributed by atoms with Gasteiger partial charge in [-0.3, -0.25) is 9.59 Å². The maximum absolute atomic E-state index is 12.8. The summed E-state index contributed by atoms with van der Waals surface area (Å²) in [5.74, 6) is -0.390. The van der Waals surface area contributed by atoms with Crippen LogP contribution in [0.1, 0.15) is 33.6 Å². The molecule has 1 aliphatic rings. The van der Waals surface area contributed by atoms with Crippen LogP contribution in [0.5, 0.6) is 0 Å². The van der Waals surface area contributed by atoms with E-state index in [0.29, 0.717) is 24.0 Å². The average molecular weight is 290 g/mol. The molecular formula is C20H18O2. The lowest BCUT2D eigenvalue weighted by atomic mass is 9.75. The van der Waals surface area contributed by atoms with E-state index in [1.54, 1.807) is 0 Å². The van der Waals surface area contributed by atoms with Crippen molar-refractivity contribution >= 4 is 11.6 Å². The molecule has 2 atom stereocenters. The average Bonchev–Trinajstić information content (AvgIpc) is 2.62. The monoisotopic (exact) mass is 290 g/mol. The topological polar surface area (TPSA) is 34.1 Å². The van der Waals surface area contributed by atoms with E-state index in [4.69, 9.17) is 0 Å². The molecule has 0 spiro atoms. The number of rotatable bonds is 4. The highest BCUT2D eigenvalue weighted by atomic mass is 16.1. The van der Waals surface area contributed by atoms with Crippen LogP contribution >= 0.6 is 0 Å². The summed E-state index contributed by atoms with van der Waals surface area (Å²) in [6, 6.07) is 18.5. The van der Waals surface area contributed by atoms with Crippen LogP contribution < -0.4 is 0 Å². The van der Waals surface area contributed by atoms with Crippen LogP contribution in [-0.4, -0.2) is 11.6 Å². The molecule has 0 radical (unpaired) electrons. The van der Waals surface area contributed by atoms with Crippen molar-refractivity contribution in [1.29, 1.82) is 0 Å². The second-order valence-corrected chi connectivity index (χ2v) is 5.62. The van der Waals surface area contributed by atoms with Crippen molar-refractivity contribution < 1.29 is 9.59 Å². The van der Waals surface area contributed by atoms with Gasteiger partial charge in [-0.25, -0.2) is 0 Å². The highest BCUT2D eigenvalue weighted by Gasteiger charge is 2.34. The fraction of sp³-hybridized carbons (Fsp3) is 0.200. The Morgan fingerprint density at radius 2 is 1.00 bits per heavy atom. The predicted molar refractivity (Wildman–Crippen MR) is 86.9 cm³/mol. The number of carbonyl (C=O) groups is 2. The first-order valence-corrected chi connectivity index (χ1v) is 7.61. The van der Waals surface area contributed by atoms with Gasteiger partial charge < -0.3 is 0 Å². The van der Waals surface area contributed by atoms with Gasteiger partial charge in [0.15, 0.2) is 11.6 Å². The number of benzene rings is 2. The number of allylic oxidation sites excluding steroid dienone is 2. The van der Waals surface area contributed by atoms with Gasteiger partial charge in [-0.15, -0.1) is 0 Å². The van der Waals surface area contributed by atoms with Crippen LogP contribution in [0.4, 0.5) is 0 Å². The SMILES string of the molecule is O=C(c1ccccc1)[C@H]1CC=CC[C@H]1C(=O)c1ccccc1. The molecule has 0 bridgehead atoms. The third-order valence-corrected chi connectivity index (χ3v) is 4.22. The zero-order chi connectivity index (χ0) is 15.4. The summed E-state index contributed by atoms with van der Waals surface area (Å²) in [6.07, 6.45) is 5.30. The van der Waals surface area contributed by atoms with Crippen LogP contribution in [0.3, 0.4) is 0 Å². The first-order chi connectivity index (χ1) is 10.8. The quantitative estimate of drug-likeness (QED) is 0.620. The largest absolute Gasteiger partial charge is 0.294 e. The first kappa shape index (κ1) is 14.5. The van der Waals surface area contributed by atoms with Crippen LogP contribution in [0.15, 0.2) is 72.8 Å². The zero-order valence-electron chi connectivity index (χ0n) is 12.3. The van der Waals surface area contributed by atoms with E-state index in [2.05, 4.69) is 0 Å². The molecule has 1 aliphatic carbocycles. The van der Waals surface area contributed by atoms with E-state index in [0.717, 1.165) is 0 Å². The summed E-state index contributed by atoms with van der Waals surface area (Å²) in [5.41, 5.74) is 1.38. The summed E-state index contributed by atoms with van der Waals surface area (Å²) in [5, 5.41) is 0. The lowest BCUT2D eigenvalue weighted by molar-refractivity contribution is 0.0761. The van der Waals surface area contributed by atoms with Crippen molar-refractivity contribution in [3.05, 3.63) is 83.9 Å². The molecule has 0 fully saturated rings. The summed E-state index contributed by atoms with van der Waals surface area (Å²) in [4.78, 5) is 25.5. The minimum Gasteiger partial charge on any atom is -0.294 e. The zero-order valence-corrected chi connectivity index (χ0v) is 12.3. The molecule has 22 heavy (non-hydrogen) atoms. The van der Waals surface area contributed by atoms with E-state index in [1.165, 1.54) is 0 Å². The molecule has 2 heteroatoms. The highest BCUT2D eigenvalue weighted by molar-refractivity contribution is 6.05. The van der Waals surface area contributed by atoms with Crippen LogP contribution in [0.25, 0.3) is 0 Å². The molecule has 0 amide bonds. The molecule has 2 aromatic carbocycles. The van der Waals surface area contributed by atoms with Gasteiger partial charge in [0, 0.05) is 23.0 Å². The molecular weight excluding hydrogens is 272 g/mol. The second-order valence-electron chi connectivity index (χ2n) is 5.62. The van der Waals surface area contributed by atoms with Crippen molar-refractivity contribution in [2.75, 3.05) is 0 Å². The van der Waals surface area contributed by atoms with Gasteiger partial charge >= 0.3 is 0 Å². The fourth-order valence-corrected chi connectivity index (χ4v) is 3.03. The summed E-state index contributed by atoms with van der Waals surface area (Å²) < 4.78 is 0. The van der Waals surface area contributed by atoms with E-state index in [1.807, 2.05) is 72.8 Å². The molecule has 2 aromatic rings. The number of hydrogen-bond donors (Lipinski definition) is 0. The van der Waals surface area contributed by atoms with Gasteiger partial charge in [0.1, 0.15) is 0 Å². The molecule has 0 aliphatic heterocycles. The van der Waals surface area contributed by atoms with E-state index >= 15 is 0 Å². The predicted octanol–water partition coefficient (Wildman–Crippen LogP) is 4.33. The summed E-state index contributed by atoms with van der Waals surface area (Å²) >= 11 is 0. The van der Waals surface area contributed by atoms with Crippen LogP contribution in [0.2, 0.25) is 0 Å². The van der Waals surface area contributed by atoms with Crippen molar-refractivity contribution in [2.45, 2.75) is 12.8 Å². The Morgan fingerprint density at radius 3 is 1.36 bits per heavy atom. The smallest absolute Gasteiger partial charge is 0.166 e. The molecule has 110 valence electrons. The Labute approximate surface area is 130 Å². The normalized spacial score (nSPS) is 20.5. The van der Waals surface area contributed by atoms with Gasteiger partial charge in [0.2, 0.25) is 0 Å². The van der Waals surface area contributed by atoms with E-state index in [9.17, 15) is 9.59 Å². The maximum atomic E-state index is 12.8. The molecule has 0 saturated carbocycles. The minimum atomic E-state index is -0.264. The van der Waals surface area contributed by atoms with Crippen molar-refractivity contribution in [2.24, 2.45) is 11.8 Å². The number of hydrogen-bond acceptors (Lipinski definition) is 2. The number of carbonyl (C=O) groups excluding carboxylic acids is 2. The Kier molecular flexibility index (Phi) is 4.29. The van der Waals surface area contributed by atoms with Crippen LogP contribution in [0, 0.1) is 11.8 Å².